The smallest absolute Gasteiger partial charge is 0.243 e. The number of hydrogen-bond acceptors (Lipinski definition) is 4. The molecule has 0 spiro atoms. The molecule has 0 amide bonds. The van der Waals surface area contributed by atoms with Crippen LogP contribution in [0.5, 0.6) is 0 Å². The standard InChI is InChI=1S/C14H16N2O3S/c1-11(17)12-4-2-5-14(10-12)20(18,19)16(9-3-8-15)13-6-7-13/h2,4-5,10,13H,3,6-7,9H2,1H3. The van der Waals surface area contributed by atoms with Crippen LogP contribution >= 0.6 is 0 Å². The fourth-order valence-corrected chi connectivity index (χ4v) is 3.76. The maximum absolute atomic E-state index is 12.6. The molecule has 1 saturated carbocycles. The van der Waals surface area contributed by atoms with Crippen molar-refractivity contribution in [3.8, 4) is 6.07 Å². The van der Waals surface area contributed by atoms with E-state index in [1.807, 2.05) is 6.07 Å². The van der Waals surface area contributed by atoms with Crippen molar-refractivity contribution in [1.82, 2.24) is 4.31 Å². The van der Waals surface area contributed by atoms with E-state index in [0.29, 0.717) is 5.56 Å². The van der Waals surface area contributed by atoms with Crippen LogP contribution in [0.25, 0.3) is 0 Å². The fraction of sp³-hybridized carbons (Fsp3) is 0.429. The van der Waals surface area contributed by atoms with Gasteiger partial charge >= 0.3 is 0 Å². The number of sulfonamides is 1. The topological polar surface area (TPSA) is 78.2 Å². The summed E-state index contributed by atoms with van der Waals surface area (Å²) in [6, 6.07) is 8.02. The SMILES string of the molecule is CC(=O)c1cccc(S(=O)(=O)N(CCC#N)C2CC2)c1. The summed E-state index contributed by atoms with van der Waals surface area (Å²) in [6.45, 7) is 1.61. The maximum Gasteiger partial charge on any atom is 0.243 e. The lowest BCUT2D eigenvalue weighted by Crippen LogP contribution is -2.34. The van der Waals surface area contributed by atoms with Crippen molar-refractivity contribution in [1.29, 1.82) is 5.26 Å². The molecule has 0 heterocycles. The molecule has 0 unspecified atom stereocenters. The first-order valence-electron chi connectivity index (χ1n) is 6.46. The van der Waals surface area contributed by atoms with E-state index in [9.17, 15) is 13.2 Å². The highest BCUT2D eigenvalue weighted by Crippen LogP contribution is 2.32. The molecule has 0 N–H and O–H groups in total. The van der Waals surface area contributed by atoms with Gasteiger partial charge < -0.3 is 0 Å². The molecule has 0 atom stereocenters. The largest absolute Gasteiger partial charge is 0.295 e. The quantitative estimate of drug-likeness (QED) is 0.751. The minimum Gasteiger partial charge on any atom is -0.295 e. The van der Waals surface area contributed by atoms with Gasteiger partial charge in [-0.1, -0.05) is 12.1 Å². The number of carbonyl (C=O) groups is 1. The monoisotopic (exact) mass is 292 g/mol. The number of nitriles is 1. The zero-order chi connectivity index (χ0) is 14.8. The van der Waals surface area contributed by atoms with E-state index in [1.165, 1.54) is 23.4 Å². The molecule has 20 heavy (non-hydrogen) atoms. The van der Waals surface area contributed by atoms with E-state index in [-0.39, 0.29) is 29.7 Å². The van der Waals surface area contributed by atoms with Crippen molar-refractivity contribution in [2.75, 3.05) is 6.54 Å². The van der Waals surface area contributed by atoms with Gasteiger partial charge in [0.25, 0.3) is 0 Å². The summed E-state index contributed by atoms with van der Waals surface area (Å²) in [6.07, 6.45) is 1.83. The van der Waals surface area contributed by atoms with E-state index in [1.54, 1.807) is 12.1 Å². The number of carbonyl (C=O) groups excluding carboxylic acids is 1. The van der Waals surface area contributed by atoms with Gasteiger partial charge in [-0.3, -0.25) is 4.79 Å². The normalized spacial score (nSPS) is 15.1. The molecule has 1 aliphatic carbocycles. The molecule has 6 heteroatoms. The van der Waals surface area contributed by atoms with E-state index < -0.39 is 10.0 Å². The number of benzene rings is 1. The van der Waals surface area contributed by atoms with Crippen molar-refractivity contribution >= 4 is 15.8 Å². The Balaban J connectivity index is 2.35. The average Bonchev–Trinajstić information content (AvgIpc) is 3.23. The predicted octanol–water partition coefficient (Wildman–Crippen LogP) is 1.96. The Morgan fingerprint density at radius 1 is 1.45 bits per heavy atom. The lowest BCUT2D eigenvalue weighted by molar-refractivity contribution is 0.101. The highest BCUT2D eigenvalue weighted by atomic mass is 32.2. The molecule has 1 aliphatic rings. The third-order valence-corrected chi connectivity index (χ3v) is 5.19. The number of Topliss-reactive ketones (excluding diaryl/α,β-unsaturated/α-hetero) is 1. The third-order valence-electron chi connectivity index (χ3n) is 3.25. The first-order valence-corrected chi connectivity index (χ1v) is 7.90. The Morgan fingerprint density at radius 3 is 2.70 bits per heavy atom. The number of nitrogens with zero attached hydrogens (tertiary/aromatic N) is 2. The van der Waals surface area contributed by atoms with Crippen LogP contribution in [0.2, 0.25) is 0 Å². The molecular weight excluding hydrogens is 276 g/mol. The van der Waals surface area contributed by atoms with Crippen molar-refractivity contribution in [2.24, 2.45) is 0 Å². The van der Waals surface area contributed by atoms with Gasteiger partial charge in [-0.15, -0.1) is 0 Å². The summed E-state index contributed by atoms with van der Waals surface area (Å²) in [4.78, 5) is 11.5. The molecule has 106 valence electrons. The van der Waals surface area contributed by atoms with Gasteiger partial charge in [0.1, 0.15) is 0 Å². The molecule has 0 aliphatic heterocycles. The molecular formula is C14H16N2O3S. The maximum atomic E-state index is 12.6. The predicted molar refractivity (Wildman–Crippen MR) is 73.6 cm³/mol. The van der Waals surface area contributed by atoms with Gasteiger partial charge in [0.05, 0.1) is 11.0 Å². The lowest BCUT2D eigenvalue weighted by atomic mass is 10.2. The number of rotatable bonds is 6. The summed E-state index contributed by atoms with van der Waals surface area (Å²) in [7, 11) is -3.64. The Hall–Kier alpha value is -1.71. The minimum atomic E-state index is -3.64. The zero-order valence-electron chi connectivity index (χ0n) is 11.2. The van der Waals surface area contributed by atoms with Gasteiger partial charge in [-0.2, -0.15) is 9.57 Å². The van der Waals surface area contributed by atoms with E-state index in [4.69, 9.17) is 5.26 Å². The Kier molecular flexibility index (Phi) is 4.21. The Morgan fingerprint density at radius 2 is 2.15 bits per heavy atom. The van der Waals surface area contributed by atoms with Crippen molar-refractivity contribution < 1.29 is 13.2 Å². The van der Waals surface area contributed by atoms with Crippen molar-refractivity contribution in [3.63, 3.8) is 0 Å². The van der Waals surface area contributed by atoms with Crippen LogP contribution in [0.15, 0.2) is 29.2 Å². The van der Waals surface area contributed by atoms with Crippen LogP contribution < -0.4 is 0 Å². The molecule has 1 fully saturated rings. The Labute approximate surface area is 118 Å². The molecule has 5 nitrogen and oxygen atoms in total. The third kappa shape index (κ3) is 3.06. The van der Waals surface area contributed by atoms with Gasteiger partial charge in [-0.25, -0.2) is 8.42 Å². The number of hydrogen-bond donors (Lipinski definition) is 0. The van der Waals surface area contributed by atoms with Crippen LogP contribution in [0.3, 0.4) is 0 Å². The molecule has 1 aromatic carbocycles. The second kappa shape index (κ2) is 5.73. The summed E-state index contributed by atoms with van der Waals surface area (Å²) in [5.41, 5.74) is 0.377. The first kappa shape index (κ1) is 14.7. The summed E-state index contributed by atoms with van der Waals surface area (Å²) in [5.74, 6) is -0.169. The minimum absolute atomic E-state index is 0.00525. The van der Waals surface area contributed by atoms with Crippen molar-refractivity contribution in [3.05, 3.63) is 29.8 Å². The van der Waals surface area contributed by atoms with E-state index in [2.05, 4.69) is 0 Å². The molecule has 0 radical (unpaired) electrons. The van der Waals surface area contributed by atoms with Crippen LogP contribution in [0, 0.1) is 11.3 Å². The highest BCUT2D eigenvalue weighted by molar-refractivity contribution is 7.89. The first-order chi connectivity index (χ1) is 9.46. The zero-order valence-corrected chi connectivity index (χ0v) is 12.1. The molecule has 1 aromatic rings. The average molecular weight is 292 g/mol. The summed E-state index contributed by atoms with van der Waals surface area (Å²) >= 11 is 0. The van der Waals surface area contributed by atoms with Crippen LogP contribution in [-0.4, -0.2) is 31.1 Å². The van der Waals surface area contributed by atoms with Crippen LogP contribution in [0.4, 0.5) is 0 Å². The second-order valence-corrected chi connectivity index (χ2v) is 6.73. The summed E-state index contributed by atoms with van der Waals surface area (Å²) < 4.78 is 26.6. The van der Waals surface area contributed by atoms with Crippen LogP contribution in [0.1, 0.15) is 36.5 Å². The van der Waals surface area contributed by atoms with Gasteiger partial charge in [-0.05, 0) is 31.9 Å². The van der Waals surface area contributed by atoms with Gasteiger partial charge in [0, 0.05) is 24.6 Å². The highest BCUT2D eigenvalue weighted by Gasteiger charge is 2.37. The summed E-state index contributed by atoms with van der Waals surface area (Å²) in [5, 5.41) is 8.65. The molecule has 0 bridgehead atoms. The van der Waals surface area contributed by atoms with Gasteiger partial charge in [0.15, 0.2) is 5.78 Å². The molecule has 0 saturated heterocycles. The van der Waals surface area contributed by atoms with Crippen molar-refractivity contribution in [2.45, 2.75) is 37.1 Å². The fourth-order valence-electron chi connectivity index (χ4n) is 2.03. The van der Waals surface area contributed by atoms with Gasteiger partial charge in [0.2, 0.25) is 10.0 Å². The molecule has 0 aromatic heterocycles. The second-order valence-electron chi connectivity index (χ2n) is 4.84. The lowest BCUT2D eigenvalue weighted by Gasteiger charge is -2.20. The van der Waals surface area contributed by atoms with E-state index in [0.717, 1.165) is 12.8 Å². The van der Waals surface area contributed by atoms with E-state index >= 15 is 0 Å². The number of ketones is 1. The Bertz CT molecular complexity index is 657. The molecule has 2 rings (SSSR count). The van der Waals surface area contributed by atoms with Crippen LogP contribution in [-0.2, 0) is 10.0 Å².